The molecule has 1 aliphatic heterocycles. The van der Waals surface area contributed by atoms with E-state index in [0.29, 0.717) is 6.61 Å². The number of esters is 1. The summed E-state index contributed by atoms with van der Waals surface area (Å²) in [7, 11) is 2.12. The van der Waals surface area contributed by atoms with Crippen LogP contribution in [0.5, 0.6) is 0 Å². The molecule has 0 N–H and O–H groups in total. The fraction of sp³-hybridized carbons (Fsp3) is 0.333. The Hall–Kier alpha value is -3.60. The molecular weight excluding hydrogens is 434 g/mol. The van der Waals surface area contributed by atoms with E-state index in [4.69, 9.17) is 9.72 Å². The van der Waals surface area contributed by atoms with Crippen molar-refractivity contribution >= 4 is 17.1 Å². The molecule has 0 radical (unpaired) electrons. The standard InChI is InChI=1S/C30H35N3O2/c1-5-7-13-28-31-30-22(3)19-32(4)21-27(30)33(28)20-23-14-16-25(17-15-23)26(18-29(34)35-6-2)24-11-9-8-10-12-24/h8-12,14-19H,5-7,13,20-21H2,1-4H3. The zero-order valence-electron chi connectivity index (χ0n) is 21.3. The highest BCUT2D eigenvalue weighted by molar-refractivity contribution is 5.96. The van der Waals surface area contributed by atoms with E-state index in [1.165, 1.54) is 16.8 Å². The lowest BCUT2D eigenvalue weighted by molar-refractivity contribution is -0.137. The quantitative estimate of drug-likeness (QED) is 0.282. The topological polar surface area (TPSA) is 47.4 Å². The minimum Gasteiger partial charge on any atom is -0.463 e. The third kappa shape index (κ3) is 5.73. The van der Waals surface area contributed by atoms with Crippen LogP contribution in [-0.2, 0) is 29.0 Å². The Balaban J connectivity index is 1.65. The highest BCUT2D eigenvalue weighted by Gasteiger charge is 2.22. The van der Waals surface area contributed by atoms with Crippen LogP contribution in [0.2, 0.25) is 0 Å². The number of aromatic nitrogens is 2. The number of allylic oxidation sites excluding steroid dienone is 1. The van der Waals surface area contributed by atoms with Gasteiger partial charge in [0, 0.05) is 32.3 Å². The second kappa shape index (κ2) is 11.2. The van der Waals surface area contributed by atoms with Crippen molar-refractivity contribution in [3.63, 3.8) is 0 Å². The number of hydrogen-bond donors (Lipinski definition) is 0. The van der Waals surface area contributed by atoms with E-state index in [1.54, 1.807) is 6.08 Å². The van der Waals surface area contributed by atoms with Gasteiger partial charge in [-0.25, -0.2) is 9.78 Å². The number of fused-ring (bicyclic) bond motifs is 1. The van der Waals surface area contributed by atoms with Crippen LogP contribution in [0.3, 0.4) is 0 Å². The average Bonchev–Trinajstić information content (AvgIpc) is 3.20. The predicted molar refractivity (Wildman–Crippen MR) is 142 cm³/mol. The van der Waals surface area contributed by atoms with Gasteiger partial charge in [-0.1, -0.05) is 67.9 Å². The van der Waals surface area contributed by atoms with Crippen molar-refractivity contribution in [2.75, 3.05) is 13.7 Å². The highest BCUT2D eigenvalue weighted by atomic mass is 16.5. The van der Waals surface area contributed by atoms with Crippen LogP contribution in [0.15, 0.2) is 66.9 Å². The van der Waals surface area contributed by atoms with Crippen LogP contribution >= 0.6 is 0 Å². The molecule has 0 spiro atoms. The highest BCUT2D eigenvalue weighted by Crippen LogP contribution is 2.29. The van der Waals surface area contributed by atoms with Crippen molar-refractivity contribution in [2.45, 2.75) is 53.1 Å². The summed E-state index contributed by atoms with van der Waals surface area (Å²) >= 11 is 0. The van der Waals surface area contributed by atoms with E-state index >= 15 is 0 Å². The maximum absolute atomic E-state index is 12.3. The van der Waals surface area contributed by atoms with Crippen LogP contribution in [0.4, 0.5) is 0 Å². The Morgan fingerprint density at radius 1 is 1.06 bits per heavy atom. The molecule has 1 aromatic heterocycles. The molecule has 0 unspecified atom stereocenters. The molecule has 5 heteroatoms. The van der Waals surface area contributed by atoms with E-state index < -0.39 is 0 Å². The molecule has 0 saturated heterocycles. The van der Waals surface area contributed by atoms with Gasteiger partial charge in [-0.3, -0.25) is 0 Å². The molecule has 2 heterocycles. The SMILES string of the molecule is CCCCc1nc2c(n1Cc1ccc(C(=CC(=O)OCC)c3ccccc3)cc1)CN(C)C=C2C. The van der Waals surface area contributed by atoms with Gasteiger partial charge in [-0.05, 0) is 48.1 Å². The molecule has 0 bridgehead atoms. The van der Waals surface area contributed by atoms with Gasteiger partial charge in [0.1, 0.15) is 5.82 Å². The number of carbonyl (C=O) groups is 1. The largest absolute Gasteiger partial charge is 0.463 e. The number of ether oxygens (including phenoxy) is 1. The molecule has 5 nitrogen and oxygen atoms in total. The molecule has 0 amide bonds. The van der Waals surface area contributed by atoms with E-state index in [1.807, 2.05) is 37.3 Å². The van der Waals surface area contributed by atoms with Gasteiger partial charge in [0.05, 0.1) is 24.5 Å². The number of hydrogen-bond acceptors (Lipinski definition) is 4. The minimum absolute atomic E-state index is 0.325. The summed E-state index contributed by atoms with van der Waals surface area (Å²) in [6.07, 6.45) is 7.04. The first-order valence-corrected chi connectivity index (χ1v) is 12.5. The van der Waals surface area contributed by atoms with Crippen molar-refractivity contribution in [2.24, 2.45) is 0 Å². The van der Waals surface area contributed by atoms with Crippen LogP contribution in [0.25, 0.3) is 11.1 Å². The number of benzene rings is 2. The Bertz CT molecular complexity index is 1220. The molecule has 182 valence electrons. The molecule has 2 aromatic carbocycles. The van der Waals surface area contributed by atoms with Gasteiger partial charge < -0.3 is 14.2 Å². The third-order valence-corrected chi connectivity index (χ3v) is 6.33. The number of rotatable bonds is 9. The van der Waals surface area contributed by atoms with Gasteiger partial charge in [0.25, 0.3) is 0 Å². The molecule has 3 aromatic rings. The Labute approximate surface area is 208 Å². The second-order valence-corrected chi connectivity index (χ2v) is 9.11. The third-order valence-electron chi connectivity index (χ3n) is 6.33. The Kier molecular flexibility index (Phi) is 7.86. The van der Waals surface area contributed by atoms with Crippen LogP contribution in [-0.4, -0.2) is 34.1 Å². The Morgan fingerprint density at radius 3 is 2.46 bits per heavy atom. The summed E-state index contributed by atoms with van der Waals surface area (Å²) < 4.78 is 7.59. The molecule has 4 rings (SSSR count). The first-order valence-electron chi connectivity index (χ1n) is 12.5. The first kappa shape index (κ1) is 24.5. The van der Waals surface area contributed by atoms with E-state index in [2.05, 4.69) is 60.8 Å². The van der Waals surface area contributed by atoms with E-state index in [0.717, 1.165) is 60.6 Å². The van der Waals surface area contributed by atoms with Crippen LogP contribution in [0, 0.1) is 0 Å². The van der Waals surface area contributed by atoms with Crippen molar-refractivity contribution in [1.82, 2.24) is 14.5 Å². The maximum atomic E-state index is 12.3. The molecule has 0 atom stereocenters. The molecule has 0 fully saturated rings. The molecule has 0 aliphatic carbocycles. The lowest BCUT2D eigenvalue weighted by Gasteiger charge is -2.23. The molecular formula is C30H35N3O2. The lowest BCUT2D eigenvalue weighted by atomic mass is 9.96. The van der Waals surface area contributed by atoms with Crippen molar-refractivity contribution in [1.29, 1.82) is 0 Å². The maximum Gasteiger partial charge on any atom is 0.331 e. The number of nitrogens with zero attached hydrogens (tertiary/aromatic N) is 3. The number of imidazole rings is 1. The monoisotopic (exact) mass is 469 g/mol. The first-order chi connectivity index (χ1) is 17.0. The summed E-state index contributed by atoms with van der Waals surface area (Å²) in [6, 6.07) is 18.5. The van der Waals surface area contributed by atoms with Gasteiger partial charge >= 0.3 is 5.97 Å². The molecule has 1 aliphatic rings. The zero-order chi connectivity index (χ0) is 24.8. The average molecular weight is 470 g/mol. The normalized spacial score (nSPS) is 13.4. The lowest BCUT2D eigenvalue weighted by Crippen LogP contribution is -2.20. The van der Waals surface area contributed by atoms with Gasteiger partial charge in [0.15, 0.2) is 0 Å². The fourth-order valence-electron chi connectivity index (χ4n) is 4.62. The molecule has 35 heavy (non-hydrogen) atoms. The Morgan fingerprint density at radius 2 is 1.77 bits per heavy atom. The van der Waals surface area contributed by atoms with Crippen LogP contribution in [0.1, 0.15) is 67.5 Å². The minimum atomic E-state index is -0.325. The summed E-state index contributed by atoms with van der Waals surface area (Å²) in [5.74, 6) is 0.838. The predicted octanol–water partition coefficient (Wildman–Crippen LogP) is 6.08. The van der Waals surface area contributed by atoms with E-state index in [-0.39, 0.29) is 5.97 Å². The van der Waals surface area contributed by atoms with Gasteiger partial charge in [0.2, 0.25) is 0 Å². The summed E-state index contributed by atoms with van der Waals surface area (Å²) in [5.41, 5.74) is 7.70. The number of carbonyl (C=O) groups excluding carboxylic acids is 1. The van der Waals surface area contributed by atoms with Crippen molar-refractivity contribution in [3.05, 3.63) is 101 Å². The number of unbranched alkanes of at least 4 members (excludes halogenated alkanes) is 1. The summed E-state index contributed by atoms with van der Waals surface area (Å²) in [4.78, 5) is 19.5. The fourth-order valence-corrected chi connectivity index (χ4v) is 4.62. The molecule has 0 saturated carbocycles. The smallest absolute Gasteiger partial charge is 0.331 e. The van der Waals surface area contributed by atoms with Gasteiger partial charge in [-0.15, -0.1) is 0 Å². The van der Waals surface area contributed by atoms with Gasteiger partial charge in [-0.2, -0.15) is 0 Å². The zero-order valence-corrected chi connectivity index (χ0v) is 21.3. The van der Waals surface area contributed by atoms with E-state index in [9.17, 15) is 4.79 Å². The van der Waals surface area contributed by atoms with Crippen LogP contribution < -0.4 is 0 Å². The summed E-state index contributed by atoms with van der Waals surface area (Å²) in [5, 5.41) is 0. The number of aryl methyl sites for hydroxylation is 1. The van der Waals surface area contributed by atoms with Crippen molar-refractivity contribution < 1.29 is 9.53 Å². The second-order valence-electron chi connectivity index (χ2n) is 9.11. The van der Waals surface area contributed by atoms with Crippen molar-refractivity contribution in [3.8, 4) is 0 Å². The summed E-state index contributed by atoms with van der Waals surface area (Å²) in [6.45, 7) is 8.19.